The molecule has 0 unspecified atom stereocenters. The van der Waals surface area contributed by atoms with E-state index in [-0.39, 0.29) is 17.6 Å². The fourth-order valence-corrected chi connectivity index (χ4v) is 3.68. The number of ether oxygens (including phenoxy) is 1. The van der Waals surface area contributed by atoms with Gasteiger partial charge < -0.3 is 10.1 Å². The number of halogens is 1. The quantitative estimate of drug-likeness (QED) is 0.601. The van der Waals surface area contributed by atoms with Crippen LogP contribution < -0.4 is 10.1 Å². The molecule has 150 valence electrons. The van der Waals surface area contributed by atoms with E-state index in [1.54, 1.807) is 30.3 Å². The number of thioether (sulfide) groups is 1. The molecule has 1 fully saturated rings. The molecule has 8 heteroatoms. The Balaban J connectivity index is 1.64. The summed E-state index contributed by atoms with van der Waals surface area (Å²) in [6, 6.07) is 14.3. The van der Waals surface area contributed by atoms with Gasteiger partial charge in [0.25, 0.3) is 11.1 Å². The molecular formula is C21H19BrN2O4S. The fourth-order valence-electron chi connectivity index (χ4n) is 2.58. The standard InChI is InChI=1S/C21H19BrN2O4S/c1-13(2)28-17-9-3-14(4-10-17)11-18-20(26)24(21(27)29-18)12-19(25)23-16-7-5-15(22)6-8-16/h3-11,13H,12H2,1-2H3,(H,23,25)/b18-11-. The fraction of sp³-hybridized carbons (Fsp3) is 0.190. The summed E-state index contributed by atoms with van der Waals surface area (Å²) in [5.74, 6) is -0.186. The van der Waals surface area contributed by atoms with Gasteiger partial charge in [-0.15, -0.1) is 0 Å². The molecule has 0 aliphatic carbocycles. The first kappa shape index (κ1) is 21.1. The summed E-state index contributed by atoms with van der Waals surface area (Å²) in [7, 11) is 0. The third-order valence-corrected chi connectivity index (χ3v) is 5.29. The Bertz CT molecular complexity index is 956. The number of imide groups is 1. The normalized spacial score (nSPS) is 15.3. The minimum Gasteiger partial charge on any atom is -0.491 e. The lowest BCUT2D eigenvalue weighted by molar-refractivity contribution is -0.127. The van der Waals surface area contributed by atoms with Crippen molar-refractivity contribution in [1.29, 1.82) is 0 Å². The van der Waals surface area contributed by atoms with E-state index in [2.05, 4.69) is 21.2 Å². The molecule has 1 heterocycles. The van der Waals surface area contributed by atoms with Crippen molar-refractivity contribution >= 4 is 56.5 Å². The lowest BCUT2D eigenvalue weighted by atomic mass is 10.2. The zero-order valence-electron chi connectivity index (χ0n) is 15.8. The molecule has 0 aromatic heterocycles. The van der Waals surface area contributed by atoms with Gasteiger partial charge in [0.2, 0.25) is 5.91 Å². The molecule has 3 amide bonds. The van der Waals surface area contributed by atoms with Gasteiger partial charge in [0.1, 0.15) is 12.3 Å². The van der Waals surface area contributed by atoms with Crippen LogP contribution in [-0.2, 0) is 9.59 Å². The van der Waals surface area contributed by atoms with E-state index in [1.807, 2.05) is 38.1 Å². The molecule has 1 aliphatic heterocycles. The minimum atomic E-state index is -0.478. The largest absolute Gasteiger partial charge is 0.491 e. The Morgan fingerprint density at radius 3 is 2.41 bits per heavy atom. The van der Waals surface area contributed by atoms with Crippen molar-refractivity contribution in [1.82, 2.24) is 4.90 Å². The molecular weight excluding hydrogens is 456 g/mol. The molecule has 2 aromatic rings. The number of benzene rings is 2. The Labute approximate surface area is 181 Å². The zero-order valence-corrected chi connectivity index (χ0v) is 18.2. The van der Waals surface area contributed by atoms with Crippen LogP contribution in [0.2, 0.25) is 0 Å². The maximum atomic E-state index is 12.6. The van der Waals surface area contributed by atoms with Gasteiger partial charge in [-0.05, 0) is 73.6 Å². The Hall–Kier alpha value is -2.58. The minimum absolute atomic E-state index is 0.0703. The van der Waals surface area contributed by atoms with E-state index < -0.39 is 17.1 Å². The predicted molar refractivity (Wildman–Crippen MR) is 118 cm³/mol. The summed E-state index contributed by atoms with van der Waals surface area (Å²) >= 11 is 4.14. The van der Waals surface area contributed by atoms with Crippen molar-refractivity contribution in [3.63, 3.8) is 0 Å². The number of nitrogens with zero attached hydrogens (tertiary/aromatic N) is 1. The molecule has 2 aromatic carbocycles. The van der Waals surface area contributed by atoms with Crippen LogP contribution in [0.25, 0.3) is 6.08 Å². The number of nitrogens with one attached hydrogen (secondary N) is 1. The Morgan fingerprint density at radius 1 is 1.14 bits per heavy atom. The van der Waals surface area contributed by atoms with Crippen LogP contribution in [-0.4, -0.2) is 34.6 Å². The molecule has 0 spiro atoms. The second-order valence-electron chi connectivity index (χ2n) is 6.56. The zero-order chi connectivity index (χ0) is 21.0. The van der Waals surface area contributed by atoms with Crippen molar-refractivity contribution < 1.29 is 19.1 Å². The highest BCUT2D eigenvalue weighted by Crippen LogP contribution is 2.32. The highest BCUT2D eigenvalue weighted by molar-refractivity contribution is 9.10. The number of carbonyl (C=O) groups excluding carboxylic acids is 3. The monoisotopic (exact) mass is 474 g/mol. The molecule has 6 nitrogen and oxygen atoms in total. The molecule has 1 aliphatic rings. The van der Waals surface area contributed by atoms with Crippen molar-refractivity contribution in [2.45, 2.75) is 20.0 Å². The van der Waals surface area contributed by atoms with Crippen LogP contribution in [0.5, 0.6) is 5.75 Å². The lowest BCUT2D eigenvalue weighted by Gasteiger charge is -2.12. The third-order valence-electron chi connectivity index (χ3n) is 3.85. The van der Waals surface area contributed by atoms with Gasteiger partial charge in [-0.3, -0.25) is 19.3 Å². The summed E-state index contributed by atoms with van der Waals surface area (Å²) in [6.07, 6.45) is 1.71. The summed E-state index contributed by atoms with van der Waals surface area (Å²) < 4.78 is 6.48. The van der Waals surface area contributed by atoms with Crippen LogP contribution in [0.15, 0.2) is 57.9 Å². The maximum Gasteiger partial charge on any atom is 0.294 e. The SMILES string of the molecule is CC(C)Oc1ccc(/C=C2\SC(=O)N(CC(=O)Nc3ccc(Br)cc3)C2=O)cc1. The van der Waals surface area contributed by atoms with E-state index in [9.17, 15) is 14.4 Å². The molecule has 0 atom stereocenters. The maximum absolute atomic E-state index is 12.6. The molecule has 0 bridgehead atoms. The second kappa shape index (κ2) is 9.28. The van der Waals surface area contributed by atoms with Crippen molar-refractivity contribution in [3.8, 4) is 5.75 Å². The van der Waals surface area contributed by atoms with Gasteiger partial charge in [0.05, 0.1) is 11.0 Å². The number of hydrogen-bond acceptors (Lipinski definition) is 5. The topological polar surface area (TPSA) is 75.7 Å². The number of carbonyl (C=O) groups is 3. The predicted octanol–water partition coefficient (Wildman–Crippen LogP) is 4.91. The van der Waals surface area contributed by atoms with Gasteiger partial charge in [-0.25, -0.2) is 0 Å². The Morgan fingerprint density at radius 2 is 1.79 bits per heavy atom. The average Bonchev–Trinajstić information content (AvgIpc) is 2.92. The third kappa shape index (κ3) is 5.71. The van der Waals surface area contributed by atoms with Crippen molar-refractivity contribution in [2.24, 2.45) is 0 Å². The number of hydrogen-bond donors (Lipinski definition) is 1. The van der Waals surface area contributed by atoms with Gasteiger partial charge in [-0.2, -0.15) is 0 Å². The molecule has 1 N–H and O–H groups in total. The highest BCUT2D eigenvalue weighted by atomic mass is 79.9. The molecule has 1 saturated heterocycles. The number of anilines is 1. The van der Waals surface area contributed by atoms with Crippen molar-refractivity contribution in [3.05, 3.63) is 63.5 Å². The van der Waals surface area contributed by atoms with E-state index in [0.717, 1.165) is 32.4 Å². The van der Waals surface area contributed by atoms with Crippen LogP contribution in [0, 0.1) is 0 Å². The smallest absolute Gasteiger partial charge is 0.294 e. The summed E-state index contributed by atoms with van der Waals surface area (Å²) in [5, 5.41) is 2.21. The van der Waals surface area contributed by atoms with E-state index in [1.165, 1.54) is 0 Å². The first-order chi connectivity index (χ1) is 13.8. The van der Waals surface area contributed by atoms with E-state index in [0.29, 0.717) is 5.69 Å². The van der Waals surface area contributed by atoms with Crippen LogP contribution in [0.1, 0.15) is 19.4 Å². The summed E-state index contributed by atoms with van der Waals surface area (Å²) in [5.41, 5.74) is 1.36. The van der Waals surface area contributed by atoms with E-state index in [4.69, 9.17) is 4.74 Å². The van der Waals surface area contributed by atoms with Crippen molar-refractivity contribution in [2.75, 3.05) is 11.9 Å². The lowest BCUT2D eigenvalue weighted by Crippen LogP contribution is -2.36. The van der Waals surface area contributed by atoms with Gasteiger partial charge >= 0.3 is 0 Å². The second-order valence-corrected chi connectivity index (χ2v) is 8.47. The molecule has 0 radical (unpaired) electrons. The molecule has 3 rings (SSSR count). The van der Waals surface area contributed by atoms with E-state index >= 15 is 0 Å². The summed E-state index contributed by atoms with van der Waals surface area (Å²) in [4.78, 5) is 38.2. The van der Waals surface area contributed by atoms with Crippen LogP contribution in [0.4, 0.5) is 10.5 Å². The van der Waals surface area contributed by atoms with Gasteiger partial charge in [0, 0.05) is 10.2 Å². The Kier molecular flexibility index (Phi) is 6.76. The summed E-state index contributed by atoms with van der Waals surface area (Å²) in [6.45, 7) is 3.55. The average molecular weight is 475 g/mol. The molecule has 29 heavy (non-hydrogen) atoms. The van der Waals surface area contributed by atoms with Gasteiger partial charge in [-0.1, -0.05) is 28.1 Å². The number of rotatable bonds is 6. The first-order valence-corrected chi connectivity index (χ1v) is 10.5. The first-order valence-electron chi connectivity index (χ1n) is 8.89. The van der Waals surface area contributed by atoms with Gasteiger partial charge in [0.15, 0.2) is 0 Å². The van der Waals surface area contributed by atoms with Crippen LogP contribution in [0.3, 0.4) is 0 Å². The molecule has 0 saturated carbocycles. The van der Waals surface area contributed by atoms with Crippen LogP contribution >= 0.6 is 27.7 Å². The number of amides is 3. The highest BCUT2D eigenvalue weighted by Gasteiger charge is 2.36.